The summed E-state index contributed by atoms with van der Waals surface area (Å²) < 4.78 is 4.41. The Labute approximate surface area is 60.4 Å². The molecular formula is C6H11NOS. The Morgan fingerprint density at radius 3 is 2.78 bits per heavy atom. The first-order valence-corrected chi connectivity index (χ1v) is 3.86. The molecule has 0 aromatic carbocycles. The minimum absolute atomic E-state index is 0.694. The smallest absolute Gasteiger partial charge is 0.299 e. The van der Waals surface area contributed by atoms with E-state index >= 15 is 0 Å². The molecule has 0 aromatic heterocycles. The van der Waals surface area contributed by atoms with Gasteiger partial charge in [0.15, 0.2) is 0 Å². The number of nitriles is 1. The molecule has 0 bridgehead atoms. The zero-order valence-electron chi connectivity index (χ0n) is 5.76. The van der Waals surface area contributed by atoms with E-state index < -0.39 is 0 Å². The van der Waals surface area contributed by atoms with Gasteiger partial charge in [0.25, 0.3) is 6.26 Å². The maximum Gasteiger partial charge on any atom is 0.299 e. The summed E-state index contributed by atoms with van der Waals surface area (Å²) in [6.45, 7) is 4.29. The van der Waals surface area contributed by atoms with Crippen LogP contribution in [0.5, 0.6) is 0 Å². The molecule has 0 rings (SSSR count). The van der Waals surface area contributed by atoms with Crippen molar-refractivity contribution in [1.29, 1.82) is 5.26 Å². The first kappa shape index (κ1) is 8.64. The molecule has 0 aliphatic carbocycles. The van der Waals surface area contributed by atoms with Gasteiger partial charge in [0.1, 0.15) is 0 Å². The van der Waals surface area contributed by atoms with E-state index in [1.54, 1.807) is 6.26 Å². The van der Waals surface area contributed by atoms with Crippen molar-refractivity contribution < 1.29 is 4.18 Å². The highest BCUT2D eigenvalue weighted by molar-refractivity contribution is 7.94. The fourth-order valence-electron chi connectivity index (χ4n) is 0.352. The molecule has 0 unspecified atom stereocenters. The van der Waals surface area contributed by atoms with Crippen LogP contribution in [0.15, 0.2) is 0 Å². The molecule has 0 N–H and O–H groups in total. The Morgan fingerprint density at radius 1 is 1.67 bits per heavy atom. The Kier molecular flexibility index (Phi) is 5.54. The zero-order valence-corrected chi connectivity index (χ0v) is 6.57. The molecule has 0 radical (unpaired) electrons. The van der Waals surface area contributed by atoms with E-state index in [-0.39, 0.29) is 0 Å². The summed E-state index contributed by atoms with van der Waals surface area (Å²) in [4.78, 5) is 0. The molecule has 52 valence electrons. The van der Waals surface area contributed by atoms with Gasteiger partial charge in [-0.1, -0.05) is 13.8 Å². The molecule has 0 fully saturated rings. The molecule has 9 heavy (non-hydrogen) atoms. The van der Waals surface area contributed by atoms with Crippen molar-refractivity contribution >= 4 is 12.0 Å². The maximum absolute atomic E-state index is 7.94. The Hall–Kier alpha value is -0.360. The van der Waals surface area contributed by atoms with E-state index in [4.69, 9.17) is 5.26 Å². The van der Waals surface area contributed by atoms with E-state index in [0.29, 0.717) is 5.92 Å². The highest BCUT2D eigenvalue weighted by Crippen LogP contribution is 2.08. The van der Waals surface area contributed by atoms with Crippen LogP contribution in [0.1, 0.15) is 20.3 Å². The third kappa shape index (κ3) is 7.64. The van der Waals surface area contributed by atoms with Crippen LogP contribution < -0.4 is 0 Å². The predicted octanol–water partition coefficient (Wildman–Crippen LogP) is 2.18. The van der Waals surface area contributed by atoms with Gasteiger partial charge in [-0.15, -0.1) is 5.26 Å². The van der Waals surface area contributed by atoms with Crippen LogP contribution in [0.3, 0.4) is 0 Å². The summed E-state index contributed by atoms with van der Waals surface area (Å²) in [6, 6.07) is 0. The Balaban J connectivity index is 2.85. The summed E-state index contributed by atoms with van der Waals surface area (Å²) >= 11 is 1.22. The van der Waals surface area contributed by atoms with Gasteiger partial charge in [-0.25, -0.2) is 0 Å². The fourth-order valence-corrected chi connectivity index (χ4v) is 1.06. The quantitative estimate of drug-likeness (QED) is 0.345. The van der Waals surface area contributed by atoms with Gasteiger partial charge >= 0.3 is 0 Å². The second kappa shape index (κ2) is 5.77. The first-order chi connectivity index (χ1) is 4.27. The van der Waals surface area contributed by atoms with Gasteiger partial charge < -0.3 is 4.18 Å². The highest BCUT2D eigenvalue weighted by atomic mass is 32.2. The zero-order chi connectivity index (χ0) is 7.11. The molecule has 2 nitrogen and oxygen atoms in total. The normalized spacial score (nSPS) is 9.11. The van der Waals surface area contributed by atoms with Crippen LogP contribution in [0.4, 0.5) is 0 Å². The van der Waals surface area contributed by atoms with Crippen LogP contribution in [0.25, 0.3) is 0 Å². The lowest BCUT2D eigenvalue weighted by Crippen LogP contribution is -1.88. The summed E-state index contributed by atoms with van der Waals surface area (Å²) in [6.07, 6.45) is 2.71. The van der Waals surface area contributed by atoms with Crippen LogP contribution in [-0.2, 0) is 4.18 Å². The minimum Gasteiger partial charge on any atom is -0.352 e. The third-order valence-electron chi connectivity index (χ3n) is 0.875. The molecule has 0 atom stereocenters. The molecule has 0 aliphatic rings. The van der Waals surface area contributed by atoms with Crippen LogP contribution in [-0.4, -0.2) is 5.75 Å². The second-order valence-electron chi connectivity index (χ2n) is 2.18. The van der Waals surface area contributed by atoms with Gasteiger partial charge in [-0.3, -0.25) is 0 Å². The number of hydrogen-bond acceptors (Lipinski definition) is 3. The topological polar surface area (TPSA) is 33.0 Å². The second-order valence-corrected chi connectivity index (χ2v) is 2.99. The Morgan fingerprint density at radius 2 is 2.33 bits per heavy atom. The van der Waals surface area contributed by atoms with Crippen molar-refractivity contribution in [2.45, 2.75) is 20.3 Å². The van der Waals surface area contributed by atoms with Crippen molar-refractivity contribution in [3.63, 3.8) is 0 Å². The van der Waals surface area contributed by atoms with Crippen LogP contribution in [0.2, 0.25) is 0 Å². The van der Waals surface area contributed by atoms with Gasteiger partial charge in [-0.2, -0.15) is 0 Å². The van der Waals surface area contributed by atoms with E-state index in [1.165, 1.54) is 12.0 Å². The molecule has 0 spiro atoms. The summed E-state index contributed by atoms with van der Waals surface area (Å²) in [5, 5.41) is 7.94. The predicted molar refractivity (Wildman–Crippen MR) is 38.6 cm³/mol. The van der Waals surface area contributed by atoms with Gasteiger partial charge in [-0.05, 0) is 12.3 Å². The van der Waals surface area contributed by atoms with E-state index in [1.807, 2.05) is 0 Å². The average Bonchev–Trinajstić information content (AvgIpc) is 1.80. The lowest BCUT2D eigenvalue weighted by molar-refractivity contribution is 0.578. The lowest BCUT2D eigenvalue weighted by Gasteiger charge is -1.99. The van der Waals surface area contributed by atoms with Gasteiger partial charge in [0, 0.05) is 5.75 Å². The molecule has 3 heteroatoms. The number of nitrogens with zero attached hydrogens (tertiary/aromatic N) is 1. The Bertz CT molecular complexity index is 97.7. The van der Waals surface area contributed by atoms with Crippen LogP contribution >= 0.6 is 12.0 Å². The molecule has 0 amide bonds. The van der Waals surface area contributed by atoms with E-state index in [2.05, 4.69) is 18.0 Å². The number of rotatable bonds is 4. The van der Waals surface area contributed by atoms with Gasteiger partial charge in [0.2, 0.25) is 0 Å². The summed E-state index contributed by atoms with van der Waals surface area (Å²) in [5.74, 6) is 1.60. The van der Waals surface area contributed by atoms with Crippen molar-refractivity contribution in [2.24, 2.45) is 5.92 Å². The largest absolute Gasteiger partial charge is 0.352 e. The lowest BCUT2D eigenvalue weighted by atomic mass is 10.2. The monoisotopic (exact) mass is 145 g/mol. The van der Waals surface area contributed by atoms with Crippen molar-refractivity contribution in [1.82, 2.24) is 0 Å². The molecule has 0 saturated heterocycles. The molecule has 0 saturated carbocycles. The van der Waals surface area contributed by atoms with Crippen molar-refractivity contribution in [3.8, 4) is 6.26 Å². The molecular weight excluding hydrogens is 134 g/mol. The van der Waals surface area contributed by atoms with Crippen molar-refractivity contribution in [3.05, 3.63) is 0 Å². The molecule has 0 heterocycles. The highest BCUT2D eigenvalue weighted by Gasteiger charge is 1.93. The minimum atomic E-state index is 0.694. The van der Waals surface area contributed by atoms with Crippen LogP contribution in [0, 0.1) is 17.4 Å². The van der Waals surface area contributed by atoms with E-state index in [9.17, 15) is 0 Å². The average molecular weight is 145 g/mol. The SMILES string of the molecule is CC(C)CCSOC#N. The standard InChI is InChI=1S/C6H11NOS/c1-6(2)3-4-9-8-5-7/h6H,3-4H2,1-2H3. The molecule has 0 aliphatic heterocycles. The third-order valence-corrected chi connectivity index (χ3v) is 1.47. The summed E-state index contributed by atoms with van der Waals surface area (Å²) in [5.41, 5.74) is 0. The number of hydrogen-bond donors (Lipinski definition) is 0. The molecule has 0 aromatic rings. The fraction of sp³-hybridized carbons (Fsp3) is 0.833. The van der Waals surface area contributed by atoms with E-state index in [0.717, 1.165) is 12.2 Å². The van der Waals surface area contributed by atoms with Gasteiger partial charge in [0.05, 0.1) is 12.0 Å². The summed E-state index contributed by atoms with van der Waals surface area (Å²) in [7, 11) is 0. The first-order valence-electron chi connectivity index (χ1n) is 2.95. The maximum atomic E-state index is 7.94. The van der Waals surface area contributed by atoms with Crippen molar-refractivity contribution in [2.75, 3.05) is 5.75 Å².